The Morgan fingerprint density at radius 1 is 0.933 bits per heavy atom. The summed E-state index contributed by atoms with van der Waals surface area (Å²) in [6.07, 6.45) is 0.241. The van der Waals surface area contributed by atoms with Gasteiger partial charge in [0.1, 0.15) is 5.75 Å². The first kappa shape index (κ1) is 20.3. The molecule has 0 bridgehead atoms. The SMILES string of the molecule is COc1ccc(N(C[C@@H](O)Cn2c3ccccc3c3ccccc32)S(C)(=O)=O)cc1. The van der Waals surface area contributed by atoms with E-state index in [2.05, 4.69) is 12.1 Å². The maximum absolute atomic E-state index is 12.4. The van der Waals surface area contributed by atoms with Crippen LogP contribution in [0.15, 0.2) is 72.8 Å². The van der Waals surface area contributed by atoms with Crippen LogP contribution in [0.4, 0.5) is 5.69 Å². The first-order valence-corrected chi connectivity index (χ1v) is 11.5. The maximum atomic E-state index is 12.4. The topological polar surface area (TPSA) is 71.8 Å². The summed E-state index contributed by atoms with van der Waals surface area (Å²) in [7, 11) is -2.02. The monoisotopic (exact) mass is 424 g/mol. The number of para-hydroxylation sites is 2. The fraction of sp³-hybridized carbons (Fsp3) is 0.217. The quantitative estimate of drug-likeness (QED) is 0.492. The molecular formula is C23H24N2O4S. The van der Waals surface area contributed by atoms with E-state index in [0.29, 0.717) is 11.4 Å². The number of anilines is 1. The molecule has 0 saturated carbocycles. The fourth-order valence-corrected chi connectivity index (χ4v) is 4.79. The number of rotatable bonds is 7. The number of aliphatic hydroxyl groups excluding tert-OH is 1. The molecule has 0 aliphatic carbocycles. The minimum Gasteiger partial charge on any atom is -0.497 e. The van der Waals surface area contributed by atoms with Gasteiger partial charge in [0, 0.05) is 21.8 Å². The third-order valence-electron chi connectivity index (χ3n) is 5.21. The lowest BCUT2D eigenvalue weighted by Crippen LogP contribution is -2.38. The highest BCUT2D eigenvalue weighted by Gasteiger charge is 2.22. The van der Waals surface area contributed by atoms with E-state index in [1.54, 1.807) is 31.4 Å². The van der Waals surface area contributed by atoms with Gasteiger partial charge in [0.15, 0.2) is 0 Å². The number of fused-ring (bicyclic) bond motifs is 3. The zero-order valence-corrected chi connectivity index (χ0v) is 17.7. The van der Waals surface area contributed by atoms with Crippen LogP contribution in [0.5, 0.6) is 5.75 Å². The van der Waals surface area contributed by atoms with Crippen LogP contribution < -0.4 is 9.04 Å². The van der Waals surface area contributed by atoms with Crippen molar-refractivity contribution in [3.63, 3.8) is 0 Å². The molecule has 0 fully saturated rings. The van der Waals surface area contributed by atoms with E-state index in [9.17, 15) is 13.5 Å². The van der Waals surface area contributed by atoms with Crippen molar-refractivity contribution in [3.8, 4) is 5.75 Å². The van der Waals surface area contributed by atoms with Gasteiger partial charge in [-0.2, -0.15) is 0 Å². The Kier molecular flexibility index (Phi) is 5.40. The minimum absolute atomic E-state index is 0.0496. The van der Waals surface area contributed by atoms with Crippen molar-refractivity contribution in [1.82, 2.24) is 4.57 Å². The first-order valence-electron chi connectivity index (χ1n) is 9.64. The molecule has 0 radical (unpaired) electrons. The summed E-state index contributed by atoms with van der Waals surface area (Å²) in [5.74, 6) is 0.637. The Morgan fingerprint density at radius 2 is 1.47 bits per heavy atom. The summed E-state index contributed by atoms with van der Waals surface area (Å²) in [4.78, 5) is 0. The second-order valence-corrected chi connectivity index (χ2v) is 9.20. The summed E-state index contributed by atoms with van der Waals surface area (Å²) in [6.45, 7) is 0.224. The zero-order valence-electron chi connectivity index (χ0n) is 16.9. The highest BCUT2D eigenvalue weighted by molar-refractivity contribution is 7.92. The molecule has 156 valence electrons. The van der Waals surface area contributed by atoms with Crippen LogP contribution in [0.25, 0.3) is 21.8 Å². The Bertz CT molecular complexity index is 1230. The van der Waals surface area contributed by atoms with Crippen LogP contribution in [0.2, 0.25) is 0 Å². The third kappa shape index (κ3) is 3.86. The molecule has 4 aromatic rings. The third-order valence-corrected chi connectivity index (χ3v) is 6.37. The van der Waals surface area contributed by atoms with Gasteiger partial charge in [0.2, 0.25) is 10.0 Å². The second kappa shape index (κ2) is 8.01. The lowest BCUT2D eigenvalue weighted by molar-refractivity contribution is 0.166. The van der Waals surface area contributed by atoms with E-state index >= 15 is 0 Å². The Hall–Kier alpha value is -3.03. The number of hydrogen-bond donors (Lipinski definition) is 1. The van der Waals surface area contributed by atoms with Crippen LogP contribution in [-0.4, -0.2) is 44.1 Å². The van der Waals surface area contributed by atoms with E-state index in [4.69, 9.17) is 4.74 Å². The number of ether oxygens (including phenoxy) is 1. The second-order valence-electron chi connectivity index (χ2n) is 7.29. The van der Waals surface area contributed by atoms with Crippen molar-refractivity contribution >= 4 is 37.5 Å². The van der Waals surface area contributed by atoms with Crippen molar-refractivity contribution in [2.24, 2.45) is 0 Å². The molecule has 0 spiro atoms. The number of benzene rings is 3. The molecule has 1 aromatic heterocycles. The molecule has 7 heteroatoms. The van der Waals surface area contributed by atoms with Gasteiger partial charge in [-0.25, -0.2) is 8.42 Å². The van der Waals surface area contributed by atoms with Crippen LogP contribution in [0, 0.1) is 0 Å². The predicted molar refractivity (Wildman–Crippen MR) is 121 cm³/mol. The number of aliphatic hydroxyl groups is 1. The normalized spacial score (nSPS) is 12.9. The summed E-state index contributed by atoms with van der Waals surface area (Å²) in [5, 5.41) is 13.1. The Balaban J connectivity index is 1.66. The summed E-state index contributed by atoms with van der Waals surface area (Å²) < 4.78 is 33.3. The van der Waals surface area contributed by atoms with Crippen molar-refractivity contribution in [2.75, 3.05) is 24.2 Å². The molecule has 4 rings (SSSR count). The van der Waals surface area contributed by atoms with Gasteiger partial charge in [-0.15, -0.1) is 0 Å². The molecule has 0 amide bonds. The molecule has 3 aromatic carbocycles. The smallest absolute Gasteiger partial charge is 0.232 e. The minimum atomic E-state index is -3.57. The van der Waals surface area contributed by atoms with E-state index in [0.717, 1.165) is 28.1 Å². The Morgan fingerprint density at radius 3 is 1.97 bits per heavy atom. The highest BCUT2D eigenvalue weighted by Crippen LogP contribution is 2.29. The van der Waals surface area contributed by atoms with Crippen LogP contribution in [0.1, 0.15) is 0 Å². The molecule has 1 heterocycles. The number of methoxy groups -OCH3 is 1. The molecule has 0 aliphatic rings. The van der Waals surface area contributed by atoms with Gasteiger partial charge < -0.3 is 14.4 Å². The Labute approximate surface area is 176 Å². The standard InChI is InChI=1S/C23H24N2O4S/c1-29-19-13-11-17(12-14-19)25(30(2,27)28)16-18(26)15-24-22-9-5-3-7-20(22)21-8-4-6-10-23(21)24/h3-14,18,26H,15-16H2,1-2H3/t18-/m0/s1. The summed E-state index contributed by atoms with van der Waals surface area (Å²) >= 11 is 0. The number of aromatic nitrogens is 1. The van der Waals surface area contributed by atoms with E-state index in [1.807, 2.05) is 41.0 Å². The van der Waals surface area contributed by atoms with Crippen molar-refractivity contribution in [2.45, 2.75) is 12.6 Å². The van der Waals surface area contributed by atoms with Gasteiger partial charge in [-0.1, -0.05) is 36.4 Å². The zero-order chi connectivity index (χ0) is 21.3. The lowest BCUT2D eigenvalue weighted by atomic mass is 10.2. The van der Waals surface area contributed by atoms with Crippen LogP contribution >= 0.6 is 0 Å². The highest BCUT2D eigenvalue weighted by atomic mass is 32.2. The van der Waals surface area contributed by atoms with E-state index < -0.39 is 16.1 Å². The van der Waals surface area contributed by atoms with Gasteiger partial charge in [0.05, 0.1) is 38.2 Å². The van der Waals surface area contributed by atoms with E-state index in [1.165, 1.54) is 4.31 Å². The van der Waals surface area contributed by atoms with Crippen LogP contribution in [-0.2, 0) is 16.6 Å². The van der Waals surface area contributed by atoms with Gasteiger partial charge >= 0.3 is 0 Å². The van der Waals surface area contributed by atoms with Crippen molar-refractivity contribution in [1.29, 1.82) is 0 Å². The van der Waals surface area contributed by atoms with Crippen LogP contribution in [0.3, 0.4) is 0 Å². The van der Waals surface area contributed by atoms with Gasteiger partial charge in [-0.05, 0) is 36.4 Å². The van der Waals surface area contributed by atoms with Gasteiger partial charge in [-0.3, -0.25) is 4.31 Å². The first-order chi connectivity index (χ1) is 14.4. The molecule has 6 nitrogen and oxygen atoms in total. The molecule has 0 unspecified atom stereocenters. The lowest BCUT2D eigenvalue weighted by Gasteiger charge is -2.26. The summed E-state index contributed by atoms with van der Waals surface area (Å²) in [5.41, 5.74) is 2.50. The number of hydrogen-bond acceptors (Lipinski definition) is 4. The molecular weight excluding hydrogens is 400 g/mol. The largest absolute Gasteiger partial charge is 0.497 e. The number of sulfonamides is 1. The predicted octanol–water partition coefficient (Wildman–Crippen LogP) is 3.63. The molecule has 1 N–H and O–H groups in total. The molecule has 30 heavy (non-hydrogen) atoms. The number of nitrogens with zero attached hydrogens (tertiary/aromatic N) is 2. The van der Waals surface area contributed by atoms with Crippen molar-refractivity contribution in [3.05, 3.63) is 72.8 Å². The fourth-order valence-electron chi connectivity index (χ4n) is 3.84. The average Bonchev–Trinajstić information content (AvgIpc) is 3.05. The molecule has 1 atom stereocenters. The van der Waals surface area contributed by atoms with Crippen molar-refractivity contribution < 1.29 is 18.3 Å². The van der Waals surface area contributed by atoms with E-state index in [-0.39, 0.29) is 13.1 Å². The average molecular weight is 425 g/mol. The molecule has 0 aliphatic heterocycles. The summed E-state index contributed by atoms with van der Waals surface area (Å²) in [6, 6.07) is 22.8. The molecule has 0 saturated heterocycles. The maximum Gasteiger partial charge on any atom is 0.232 e. The van der Waals surface area contributed by atoms with Gasteiger partial charge in [0.25, 0.3) is 0 Å².